The Morgan fingerprint density at radius 1 is 0.650 bits per heavy atom. The zero-order valence-corrected chi connectivity index (χ0v) is 12.2. The third kappa shape index (κ3) is 8.90. The van der Waals surface area contributed by atoms with E-state index in [-0.39, 0.29) is 36.7 Å². The van der Waals surface area contributed by atoms with Crippen molar-refractivity contribution in [2.75, 3.05) is 13.1 Å². The van der Waals surface area contributed by atoms with Gasteiger partial charge in [0.1, 0.15) is 0 Å². The second-order valence-corrected chi connectivity index (χ2v) is 4.49. The molecule has 0 aliphatic heterocycles. The van der Waals surface area contributed by atoms with Gasteiger partial charge in [-0.1, -0.05) is 0 Å². The van der Waals surface area contributed by atoms with Crippen LogP contribution in [-0.2, 0) is 19.2 Å². The van der Waals surface area contributed by atoms with Crippen LogP contribution in [0.3, 0.4) is 0 Å². The second-order valence-electron chi connectivity index (χ2n) is 4.49. The molecule has 0 aromatic heterocycles. The van der Waals surface area contributed by atoms with Crippen LogP contribution < -0.4 is 21.3 Å². The minimum atomic E-state index is -0.521. The number of hydrogen-bond acceptors (Lipinski definition) is 4. The Kier molecular flexibility index (Phi) is 7.95. The molecule has 114 valence electrons. The summed E-state index contributed by atoms with van der Waals surface area (Å²) in [5.41, 5.74) is 0. The van der Waals surface area contributed by atoms with E-state index in [1.807, 2.05) is 0 Å². The Bertz CT molecular complexity index is 348. The molecule has 0 saturated carbocycles. The lowest BCUT2D eigenvalue weighted by molar-refractivity contribution is -0.123. The van der Waals surface area contributed by atoms with E-state index < -0.39 is 12.1 Å². The molecule has 0 heterocycles. The minimum absolute atomic E-state index is 0.152. The van der Waals surface area contributed by atoms with E-state index in [1.165, 1.54) is 27.7 Å². The minimum Gasteiger partial charge on any atom is -0.354 e. The highest BCUT2D eigenvalue weighted by Gasteiger charge is 2.23. The van der Waals surface area contributed by atoms with Crippen LogP contribution in [-0.4, -0.2) is 48.8 Å². The van der Waals surface area contributed by atoms with Crippen molar-refractivity contribution in [1.29, 1.82) is 0 Å². The molecule has 0 bridgehead atoms. The van der Waals surface area contributed by atoms with Crippen molar-refractivity contribution in [1.82, 2.24) is 21.3 Å². The van der Waals surface area contributed by atoms with Crippen molar-refractivity contribution in [3.05, 3.63) is 0 Å². The van der Waals surface area contributed by atoms with Crippen molar-refractivity contribution in [2.45, 2.75) is 39.8 Å². The molecule has 0 aliphatic rings. The van der Waals surface area contributed by atoms with E-state index in [0.717, 1.165) is 0 Å². The van der Waals surface area contributed by atoms with Gasteiger partial charge in [-0.25, -0.2) is 0 Å². The van der Waals surface area contributed by atoms with Gasteiger partial charge in [0, 0.05) is 40.8 Å². The van der Waals surface area contributed by atoms with Crippen molar-refractivity contribution in [3.8, 4) is 0 Å². The molecular weight excluding hydrogens is 264 g/mol. The number of hydrogen-bond donors (Lipinski definition) is 4. The summed E-state index contributed by atoms with van der Waals surface area (Å²) in [6, 6.07) is -1.04. The SMILES string of the molecule is CC(=O)NC[C@H](NC(C)=O)[C@@H](CNC(C)=O)NC(C)=O. The molecule has 8 nitrogen and oxygen atoms in total. The van der Waals surface area contributed by atoms with Gasteiger partial charge in [0.05, 0.1) is 12.1 Å². The molecule has 8 heteroatoms. The Hall–Kier alpha value is -2.12. The quantitative estimate of drug-likeness (QED) is 0.445. The lowest BCUT2D eigenvalue weighted by Crippen LogP contribution is -2.59. The number of nitrogens with one attached hydrogen (secondary N) is 4. The molecule has 0 saturated heterocycles. The summed E-state index contributed by atoms with van der Waals surface area (Å²) in [6.07, 6.45) is 0. The topological polar surface area (TPSA) is 116 Å². The molecule has 0 unspecified atom stereocenters. The van der Waals surface area contributed by atoms with Crippen molar-refractivity contribution in [3.63, 3.8) is 0 Å². The fraction of sp³-hybridized carbons (Fsp3) is 0.667. The second kappa shape index (κ2) is 8.89. The Morgan fingerprint density at radius 2 is 0.950 bits per heavy atom. The first-order chi connectivity index (χ1) is 9.22. The number of amides is 4. The van der Waals surface area contributed by atoms with Gasteiger partial charge in [0.15, 0.2) is 0 Å². The maximum absolute atomic E-state index is 11.2. The zero-order valence-electron chi connectivity index (χ0n) is 12.2. The van der Waals surface area contributed by atoms with Crippen LogP contribution in [0.15, 0.2) is 0 Å². The van der Waals surface area contributed by atoms with Crippen LogP contribution in [0.2, 0.25) is 0 Å². The fourth-order valence-corrected chi connectivity index (χ4v) is 1.62. The summed E-state index contributed by atoms with van der Waals surface area (Å²) in [7, 11) is 0. The first-order valence-corrected chi connectivity index (χ1v) is 6.25. The van der Waals surface area contributed by atoms with E-state index in [0.29, 0.717) is 0 Å². The largest absolute Gasteiger partial charge is 0.354 e. The number of carbonyl (C=O) groups excluding carboxylic acids is 4. The molecule has 2 atom stereocenters. The predicted molar refractivity (Wildman–Crippen MR) is 72.6 cm³/mol. The average Bonchev–Trinajstić information content (AvgIpc) is 2.28. The Morgan fingerprint density at radius 3 is 1.15 bits per heavy atom. The first kappa shape index (κ1) is 17.9. The van der Waals surface area contributed by atoms with Crippen LogP contribution in [0.5, 0.6) is 0 Å². The van der Waals surface area contributed by atoms with E-state index >= 15 is 0 Å². The van der Waals surface area contributed by atoms with Crippen molar-refractivity contribution < 1.29 is 19.2 Å². The van der Waals surface area contributed by atoms with Gasteiger partial charge in [0.25, 0.3) is 0 Å². The third-order valence-corrected chi connectivity index (χ3v) is 2.40. The van der Waals surface area contributed by atoms with Gasteiger partial charge in [0.2, 0.25) is 23.6 Å². The molecule has 4 N–H and O–H groups in total. The number of carbonyl (C=O) groups is 4. The average molecular weight is 286 g/mol. The summed E-state index contributed by atoms with van der Waals surface area (Å²) < 4.78 is 0. The zero-order chi connectivity index (χ0) is 15.7. The molecule has 0 rings (SSSR count). The lowest BCUT2D eigenvalue weighted by Gasteiger charge is -2.28. The first-order valence-electron chi connectivity index (χ1n) is 6.25. The van der Waals surface area contributed by atoms with Gasteiger partial charge < -0.3 is 21.3 Å². The highest BCUT2D eigenvalue weighted by molar-refractivity contribution is 5.76. The molecule has 0 aromatic carbocycles. The number of rotatable bonds is 7. The van der Waals surface area contributed by atoms with Gasteiger partial charge >= 0.3 is 0 Å². The highest BCUT2D eigenvalue weighted by Crippen LogP contribution is 1.94. The molecule has 0 spiro atoms. The standard InChI is InChI=1S/C12H22N4O4/c1-7(17)13-5-11(15-9(3)19)12(16-10(4)20)6-14-8(2)18/h11-12H,5-6H2,1-4H3,(H,13,17)(H,14,18)(H,15,19)(H,16,20)/t11-,12+. The maximum Gasteiger partial charge on any atom is 0.217 e. The van der Waals surface area contributed by atoms with E-state index in [9.17, 15) is 19.2 Å². The van der Waals surface area contributed by atoms with Crippen molar-refractivity contribution >= 4 is 23.6 Å². The smallest absolute Gasteiger partial charge is 0.217 e. The highest BCUT2D eigenvalue weighted by atomic mass is 16.2. The van der Waals surface area contributed by atoms with Crippen LogP contribution in [0.25, 0.3) is 0 Å². The monoisotopic (exact) mass is 286 g/mol. The third-order valence-electron chi connectivity index (χ3n) is 2.40. The molecular formula is C12H22N4O4. The fourth-order valence-electron chi connectivity index (χ4n) is 1.62. The predicted octanol–water partition coefficient (Wildman–Crippen LogP) is -1.73. The van der Waals surface area contributed by atoms with Gasteiger partial charge in [-0.3, -0.25) is 19.2 Å². The summed E-state index contributed by atoms with van der Waals surface area (Å²) >= 11 is 0. The molecule has 0 fully saturated rings. The van der Waals surface area contributed by atoms with E-state index in [2.05, 4.69) is 21.3 Å². The molecule has 0 aliphatic carbocycles. The summed E-state index contributed by atoms with van der Waals surface area (Å²) in [5.74, 6) is -1.08. The maximum atomic E-state index is 11.2. The lowest BCUT2D eigenvalue weighted by atomic mass is 10.1. The summed E-state index contributed by atoms with van der Waals surface area (Å²) in [6.45, 7) is 5.69. The Balaban J connectivity index is 4.83. The summed E-state index contributed by atoms with van der Waals surface area (Å²) in [5, 5.41) is 10.4. The van der Waals surface area contributed by atoms with E-state index in [1.54, 1.807) is 0 Å². The molecule has 20 heavy (non-hydrogen) atoms. The van der Waals surface area contributed by atoms with Gasteiger partial charge in [-0.05, 0) is 0 Å². The van der Waals surface area contributed by atoms with Crippen LogP contribution in [0.1, 0.15) is 27.7 Å². The molecule has 4 amide bonds. The molecule has 0 aromatic rings. The van der Waals surface area contributed by atoms with Gasteiger partial charge in [-0.15, -0.1) is 0 Å². The van der Waals surface area contributed by atoms with Crippen molar-refractivity contribution in [2.24, 2.45) is 0 Å². The van der Waals surface area contributed by atoms with Crippen LogP contribution >= 0.6 is 0 Å². The molecule has 0 radical (unpaired) electrons. The van der Waals surface area contributed by atoms with Gasteiger partial charge in [-0.2, -0.15) is 0 Å². The normalized spacial score (nSPS) is 12.8. The Labute approximate surface area is 118 Å². The van der Waals surface area contributed by atoms with E-state index in [4.69, 9.17) is 0 Å². The van der Waals surface area contributed by atoms with Crippen LogP contribution in [0, 0.1) is 0 Å². The summed E-state index contributed by atoms with van der Waals surface area (Å²) in [4.78, 5) is 44.3. The van der Waals surface area contributed by atoms with Crippen LogP contribution in [0.4, 0.5) is 0 Å².